The van der Waals surface area contributed by atoms with Crippen molar-refractivity contribution in [2.24, 2.45) is 16.8 Å². The summed E-state index contributed by atoms with van der Waals surface area (Å²) in [6, 6.07) is 3.89. The lowest BCUT2D eigenvalue weighted by Crippen LogP contribution is -2.33. The van der Waals surface area contributed by atoms with Crippen LogP contribution in [0.1, 0.15) is 78.5 Å². The summed E-state index contributed by atoms with van der Waals surface area (Å²) in [7, 11) is 5.21. The summed E-state index contributed by atoms with van der Waals surface area (Å²) in [5.41, 5.74) is 5.41. The van der Waals surface area contributed by atoms with Gasteiger partial charge in [0.25, 0.3) is 0 Å². The summed E-state index contributed by atoms with van der Waals surface area (Å²) < 4.78 is 25.4. The predicted octanol–water partition coefficient (Wildman–Crippen LogP) is 5.26. The monoisotopic (exact) mass is 520 g/mol. The molecule has 0 aliphatic heterocycles. The van der Waals surface area contributed by atoms with Crippen molar-refractivity contribution >= 4 is 18.1 Å². The fourth-order valence-corrected chi connectivity index (χ4v) is 6.38. The Bertz CT molecular complexity index is 1290. The molecule has 0 N–H and O–H groups in total. The minimum Gasteiger partial charge on any atom is -0.487 e. The first-order valence-electron chi connectivity index (χ1n) is 13.6. The van der Waals surface area contributed by atoms with Crippen LogP contribution in [-0.4, -0.2) is 63.8 Å². The number of hydrogen-bond acceptors (Lipinski definition) is 6. The van der Waals surface area contributed by atoms with Gasteiger partial charge in [0.05, 0.1) is 24.9 Å². The van der Waals surface area contributed by atoms with Gasteiger partial charge in [-0.1, -0.05) is 26.0 Å². The van der Waals surface area contributed by atoms with Crippen LogP contribution < -0.4 is 9.47 Å². The Kier molecular flexibility index (Phi) is 7.27. The number of hydrogen-bond donors (Lipinski definition) is 0. The van der Waals surface area contributed by atoms with E-state index in [2.05, 4.69) is 35.6 Å². The van der Waals surface area contributed by atoms with E-state index in [1.807, 2.05) is 39.2 Å². The van der Waals surface area contributed by atoms with Gasteiger partial charge in [-0.15, -0.1) is 0 Å². The third kappa shape index (κ3) is 4.39. The van der Waals surface area contributed by atoms with Crippen LogP contribution in [0.5, 0.6) is 11.5 Å². The lowest BCUT2D eigenvalue weighted by atomic mass is 9.70. The topological polar surface area (TPSA) is 71.3 Å². The number of ether oxygens (including phenoxy) is 4. The van der Waals surface area contributed by atoms with Crippen molar-refractivity contribution in [3.05, 3.63) is 51.9 Å². The van der Waals surface area contributed by atoms with Crippen molar-refractivity contribution in [2.45, 2.75) is 58.1 Å². The number of benzene rings is 1. The number of nitrogens with zero attached hydrogens (tertiary/aromatic N) is 2. The van der Waals surface area contributed by atoms with E-state index in [1.165, 1.54) is 5.69 Å². The third-order valence-corrected chi connectivity index (χ3v) is 8.08. The predicted molar refractivity (Wildman–Crippen MR) is 149 cm³/mol. The standard InChI is InChI=1S/C31H40N2O5/c1-18(2)38-26-15-23-24(16-25(26)37-13-12-36-7)31(3,4)30-27(29(23)34)20-9-8-19(17-32-5)21-14-22(21)28(20)33(30)10-11-35-6/h8-9,15-19,21-22H,10-14H2,1-7H3. The molecule has 3 atom stereocenters. The molecule has 0 radical (unpaired) electrons. The molecule has 1 fully saturated rings. The van der Waals surface area contributed by atoms with Gasteiger partial charge in [-0.3, -0.25) is 4.79 Å². The van der Waals surface area contributed by atoms with E-state index in [9.17, 15) is 4.79 Å². The molecule has 7 heteroatoms. The summed E-state index contributed by atoms with van der Waals surface area (Å²) >= 11 is 0. The second-order valence-electron chi connectivity index (χ2n) is 11.3. The zero-order valence-corrected chi connectivity index (χ0v) is 23.7. The number of carbonyl (C=O) groups excluding carboxylic acids is 1. The van der Waals surface area contributed by atoms with Crippen LogP contribution in [0.15, 0.2) is 23.2 Å². The van der Waals surface area contributed by atoms with Gasteiger partial charge in [-0.05, 0) is 43.9 Å². The van der Waals surface area contributed by atoms with Gasteiger partial charge in [0.2, 0.25) is 0 Å². The fraction of sp³-hybridized carbons (Fsp3) is 0.548. The summed E-state index contributed by atoms with van der Waals surface area (Å²) in [4.78, 5) is 18.7. The molecule has 1 saturated carbocycles. The van der Waals surface area contributed by atoms with Crippen LogP contribution in [0.25, 0.3) is 6.08 Å². The van der Waals surface area contributed by atoms with Gasteiger partial charge in [0, 0.05) is 73.8 Å². The van der Waals surface area contributed by atoms with E-state index >= 15 is 0 Å². The highest BCUT2D eigenvalue weighted by Crippen LogP contribution is 2.58. The molecular formula is C31H40N2O5. The maximum atomic E-state index is 14.4. The zero-order chi connectivity index (χ0) is 27.2. The third-order valence-electron chi connectivity index (χ3n) is 8.08. The van der Waals surface area contributed by atoms with Crippen molar-refractivity contribution in [2.75, 3.05) is 41.1 Å². The van der Waals surface area contributed by atoms with Crippen molar-refractivity contribution in [1.29, 1.82) is 0 Å². The van der Waals surface area contributed by atoms with E-state index < -0.39 is 5.41 Å². The molecule has 1 aromatic carbocycles. The van der Waals surface area contributed by atoms with Crippen LogP contribution in [0.3, 0.4) is 0 Å². The van der Waals surface area contributed by atoms with Gasteiger partial charge >= 0.3 is 0 Å². The molecule has 2 aromatic rings. The Balaban J connectivity index is 1.70. The number of fused-ring (bicyclic) bond motifs is 6. The molecule has 1 heterocycles. The molecule has 3 unspecified atom stereocenters. The molecule has 204 valence electrons. The molecule has 5 rings (SSSR count). The zero-order valence-electron chi connectivity index (χ0n) is 23.7. The Morgan fingerprint density at radius 2 is 1.89 bits per heavy atom. The Hall–Kier alpha value is -2.90. The molecule has 0 bridgehead atoms. The van der Waals surface area contributed by atoms with E-state index in [0.717, 1.165) is 28.8 Å². The van der Waals surface area contributed by atoms with Crippen LogP contribution in [0.4, 0.5) is 0 Å². The lowest BCUT2D eigenvalue weighted by molar-refractivity contribution is 0.102. The Labute approximate surface area is 225 Å². The highest BCUT2D eigenvalue weighted by Gasteiger charge is 2.51. The molecule has 7 nitrogen and oxygen atoms in total. The van der Waals surface area contributed by atoms with Crippen molar-refractivity contribution < 1.29 is 23.7 Å². The van der Waals surface area contributed by atoms with Gasteiger partial charge in [0.1, 0.15) is 6.61 Å². The van der Waals surface area contributed by atoms with Crippen LogP contribution in [0.2, 0.25) is 0 Å². The van der Waals surface area contributed by atoms with Crippen LogP contribution >= 0.6 is 0 Å². The van der Waals surface area contributed by atoms with Crippen molar-refractivity contribution in [1.82, 2.24) is 4.57 Å². The quantitative estimate of drug-likeness (QED) is 0.316. The second-order valence-corrected chi connectivity index (χ2v) is 11.3. The minimum absolute atomic E-state index is 0.0447. The number of aromatic nitrogens is 1. The highest BCUT2D eigenvalue weighted by molar-refractivity contribution is 6.15. The highest BCUT2D eigenvalue weighted by atomic mass is 16.5. The van der Waals surface area contributed by atoms with E-state index in [1.54, 1.807) is 14.2 Å². The fourth-order valence-electron chi connectivity index (χ4n) is 6.38. The average molecular weight is 521 g/mol. The summed E-state index contributed by atoms with van der Waals surface area (Å²) in [5, 5.41) is 0. The molecule has 3 aliphatic rings. The molecule has 3 aliphatic carbocycles. The van der Waals surface area contributed by atoms with Gasteiger partial charge in [-0.2, -0.15) is 0 Å². The first kappa shape index (κ1) is 26.7. The van der Waals surface area contributed by atoms with Crippen LogP contribution in [0, 0.1) is 11.8 Å². The van der Waals surface area contributed by atoms with Crippen molar-refractivity contribution in [3.8, 4) is 11.5 Å². The second kappa shape index (κ2) is 10.3. The number of rotatable bonds is 10. The first-order valence-corrected chi connectivity index (χ1v) is 13.6. The van der Waals surface area contributed by atoms with Gasteiger partial charge in [-0.25, -0.2) is 0 Å². The van der Waals surface area contributed by atoms with E-state index in [-0.39, 0.29) is 11.9 Å². The molecular weight excluding hydrogens is 480 g/mol. The van der Waals surface area contributed by atoms with E-state index in [0.29, 0.717) is 61.2 Å². The average Bonchev–Trinajstić information content (AvgIpc) is 3.60. The number of allylic oxidation sites excluding steroid dienone is 1. The maximum Gasteiger partial charge on any atom is 0.195 e. The smallest absolute Gasteiger partial charge is 0.195 e. The molecule has 1 aromatic heterocycles. The van der Waals surface area contributed by atoms with Crippen LogP contribution in [-0.2, 0) is 21.4 Å². The van der Waals surface area contributed by atoms with Crippen molar-refractivity contribution in [3.63, 3.8) is 0 Å². The Morgan fingerprint density at radius 1 is 1.13 bits per heavy atom. The number of aliphatic imine (C=N–C) groups is 1. The van der Waals surface area contributed by atoms with Gasteiger partial charge < -0.3 is 28.5 Å². The maximum absolute atomic E-state index is 14.4. The molecule has 38 heavy (non-hydrogen) atoms. The minimum atomic E-state index is -0.434. The normalized spacial score (nSPS) is 22.6. The number of ketones is 1. The Morgan fingerprint density at radius 3 is 2.58 bits per heavy atom. The summed E-state index contributed by atoms with van der Waals surface area (Å²) in [6.45, 7) is 10.5. The SMILES string of the molecule is CN=CC1C=Cc2c3c(n(CCOC)c2C2CC12)C(C)(C)c1cc(OCCOC)c(OC(C)C)cc1C3=O. The lowest BCUT2D eigenvalue weighted by Gasteiger charge is -2.35. The molecule has 0 spiro atoms. The number of methoxy groups -OCH3 is 2. The van der Waals surface area contributed by atoms with Gasteiger partial charge in [0.15, 0.2) is 17.3 Å². The first-order chi connectivity index (χ1) is 18.2. The molecule has 0 saturated heterocycles. The van der Waals surface area contributed by atoms with E-state index in [4.69, 9.17) is 18.9 Å². The number of carbonyl (C=O) groups is 1. The molecule has 0 amide bonds. The largest absolute Gasteiger partial charge is 0.487 e. The summed E-state index contributed by atoms with van der Waals surface area (Å²) in [6.07, 6.45) is 7.50. The summed E-state index contributed by atoms with van der Waals surface area (Å²) in [5.74, 6) is 2.49.